The normalized spacial score (nSPS) is 21.0. The lowest BCUT2D eigenvalue weighted by molar-refractivity contribution is -0.136. The van der Waals surface area contributed by atoms with E-state index in [2.05, 4.69) is 5.32 Å². The molecule has 5 nitrogen and oxygen atoms in total. The van der Waals surface area contributed by atoms with Gasteiger partial charge in [0.2, 0.25) is 5.91 Å². The van der Waals surface area contributed by atoms with Crippen LogP contribution in [0, 0.1) is 5.92 Å². The Labute approximate surface area is 147 Å². The van der Waals surface area contributed by atoms with Crippen molar-refractivity contribution in [1.29, 1.82) is 0 Å². The zero-order valence-corrected chi connectivity index (χ0v) is 14.4. The third-order valence-electron chi connectivity index (χ3n) is 4.38. The molecule has 1 atom stereocenters. The van der Waals surface area contributed by atoms with Crippen molar-refractivity contribution in [1.82, 2.24) is 15.1 Å². The number of piperazine rings is 1. The smallest absolute Gasteiger partial charge is 0.253 e. The van der Waals surface area contributed by atoms with Crippen molar-refractivity contribution in [2.45, 2.75) is 6.42 Å². The zero-order chi connectivity index (χ0) is 15.5. The maximum atomic E-state index is 12.4. The highest BCUT2D eigenvalue weighted by Gasteiger charge is 2.30. The predicted octanol–water partition coefficient (Wildman–Crippen LogP) is 1.66. The van der Waals surface area contributed by atoms with Gasteiger partial charge in [0.15, 0.2) is 0 Å². The maximum Gasteiger partial charge on any atom is 0.253 e. The number of nitrogens with one attached hydrogen (secondary N) is 1. The average Bonchev–Trinajstić information content (AvgIpc) is 3.09. The van der Waals surface area contributed by atoms with Crippen molar-refractivity contribution >= 4 is 35.8 Å². The van der Waals surface area contributed by atoms with Gasteiger partial charge in [0.25, 0.3) is 5.91 Å². The lowest BCUT2D eigenvalue weighted by Gasteiger charge is -2.36. The van der Waals surface area contributed by atoms with Gasteiger partial charge in [-0.2, -0.15) is 0 Å². The summed E-state index contributed by atoms with van der Waals surface area (Å²) in [6, 6.07) is 6.93. The van der Waals surface area contributed by atoms with Gasteiger partial charge in [0.1, 0.15) is 0 Å². The second-order valence-electron chi connectivity index (χ2n) is 5.81. The van der Waals surface area contributed by atoms with E-state index in [1.807, 2.05) is 4.90 Å². The third kappa shape index (κ3) is 4.16. The topological polar surface area (TPSA) is 52.7 Å². The number of carbonyl (C=O) groups excluding carboxylic acids is 2. The van der Waals surface area contributed by atoms with Gasteiger partial charge in [-0.3, -0.25) is 9.59 Å². The van der Waals surface area contributed by atoms with E-state index in [1.54, 1.807) is 29.2 Å². The van der Waals surface area contributed by atoms with Crippen LogP contribution in [0.5, 0.6) is 0 Å². The summed E-state index contributed by atoms with van der Waals surface area (Å²) < 4.78 is 0. The van der Waals surface area contributed by atoms with Gasteiger partial charge in [-0.1, -0.05) is 11.6 Å². The van der Waals surface area contributed by atoms with Crippen LogP contribution in [0.15, 0.2) is 24.3 Å². The van der Waals surface area contributed by atoms with Crippen LogP contribution < -0.4 is 5.32 Å². The van der Waals surface area contributed by atoms with Gasteiger partial charge in [0.05, 0.1) is 5.92 Å². The van der Waals surface area contributed by atoms with Crippen molar-refractivity contribution in [3.8, 4) is 0 Å². The van der Waals surface area contributed by atoms with Crippen molar-refractivity contribution < 1.29 is 9.59 Å². The Morgan fingerprint density at radius 3 is 2.22 bits per heavy atom. The molecule has 1 aromatic carbocycles. The Kier molecular flexibility index (Phi) is 6.27. The minimum absolute atomic E-state index is 0. The Bertz CT molecular complexity index is 551. The molecule has 1 aromatic rings. The molecule has 1 unspecified atom stereocenters. The second kappa shape index (κ2) is 7.99. The van der Waals surface area contributed by atoms with Crippen LogP contribution in [0.25, 0.3) is 0 Å². The highest BCUT2D eigenvalue weighted by atomic mass is 35.5. The number of halogens is 2. The fourth-order valence-electron chi connectivity index (χ4n) is 3.03. The zero-order valence-electron chi connectivity index (χ0n) is 12.8. The van der Waals surface area contributed by atoms with E-state index in [-0.39, 0.29) is 30.1 Å². The Morgan fingerprint density at radius 2 is 1.65 bits per heavy atom. The molecule has 3 rings (SSSR count). The summed E-state index contributed by atoms with van der Waals surface area (Å²) in [4.78, 5) is 28.5. The van der Waals surface area contributed by atoms with Crippen LogP contribution in [-0.4, -0.2) is 60.9 Å². The Morgan fingerprint density at radius 1 is 1.04 bits per heavy atom. The average molecular weight is 358 g/mol. The van der Waals surface area contributed by atoms with Crippen LogP contribution in [0.4, 0.5) is 0 Å². The molecular weight excluding hydrogens is 337 g/mol. The summed E-state index contributed by atoms with van der Waals surface area (Å²) >= 11 is 5.84. The van der Waals surface area contributed by atoms with Gasteiger partial charge in [-0.15, -0.1) is 12.4 Å². The molecule has 0 aromatic heterocycles. The quantitative estimate of drug-likeness (QED) is 0.875. The molecule has 2 heterocycles. The van der Waals surface area contributed by atoms with Gasteiger partial charge in [-0.25, -0.2) is 0 Å². The number of hydrogen-bond acceptors (Lipinski definition) is 3. The molecule has 7 heteroatoms. The van der Waals surface area contributed by atoms with Crippen LogP contribution in [-0.2, 0) is 4.79 Å². The molecule has 2 amide bonds. The summed E-state index contributed by atoms with van der Waals surface area (Å²) in [5, 5.41) is 3.84. The molecule has 2 saturated heterocycles. The van der Waals surface area contributed by atoms with E-state index in [9.17, 15) is 9.59 Å². The monoisotopic (exact) mass is 357 g/mol. The number of hydrogen-bond donors (Lipinski definition) is 1. The van der Waals surface area contributed by atoms with Gasteiger partial charge < -0.3 is 15.1 Å². The molecule has 126 valence electrons. The SMILES string of the molecule is Cl.O=C(c1ccc(Cl)cc1)N1CCN(C(=O)C2CCNC2)CC1. The molecule has 2 aliphatic rings. The van der Waals surface area contributed by atoms with E-state index in [4.69, 9.17) is 11.6 Å². The van der Waals surface area contributed by atoms with Crippen LogP contribution >= 0.6 is 24.0 Å². The standard InChI is InChI=1S/C16H20ClN3O2.ClH/c17-14-3-1-12(2-4-14)15(21)19-7-9-20(10-8-19)16(22)13-5-6-18-11-13;/h1-4,13,18H,5-11H2;1H. The number of nitrogens with zero attached hydrogens (tertiary/aromatic N) is 2. The summed E-state index contributed by atoms with van der Waals surface area (Å²) in [6.45, 7) is 4.12. The van der Waals surface area contributed by atoms with Gasteiger partial charge >= 0.3 is 0 Å². The molecule has 1 N–H and O–H groups in total. The Hall–Kier alpha value is -1.30. The van der Waals surface area contributed by atoms with E-state index in [0.29, 0.717) is 36.8 Å². The summed E-state index contributed by atoms with van der Waals surface area (Å²) in [5.74, 6) is 0.341. The summed E-state index contributed by atoms with van der Waals surface area (Å²) in [5.41, 5.74) is 0.643. The van der Waals surface area contributed by atoms with Crippen molar-refractivity contribution in [2.24, 2.45) is 5.92 Å². The molecule has 0 spiro atoms. The lowest BCUT2D eigenvalue weighted by atomic mass is 10.1. The number of amides is 2. The molecule has 0 radical (unpaired) electrons. The first-order chi connectivity index (χ1) is 10.6. The maximum absolute atomic E-state index is 12.4. The van der Waals surface area contributed by atoms with Gasteiger partial charge in [0, 0.05) is 43.3 Å². The first-order valence-corrected chi connectivity index (χ1v) is 8.07. The molecule has 0 bridgehead atoms. The summed E-state index contributed by atoms with van der Waals surface area (Å²) in [6.07, 6.45) is 0.919. The fourth-order valence-corrected chi connectivity index (χ4v) is 3.15. The van der Waals surface area contributed by atoms with Crippen molar-refractivity contribution in [2.75, 3.05) is 39.3 Å². The lowest BCUT2D eigenvalue weighted by Crippen LogP contribution is -2.52. The summed E-state index contributed by atoms with van der Waals surface area (Å²) in [7, 11) is 0. The molecular formula is C16H21Cl2N3O2. The highest BCUT2D eigenvalue weighted by Crippen LogP contribution is 2.16. The number of rotatable bonds is 2. The van der Waals surface area contributed by atoms with E-state index >= 15 is 0 Å². The Balaban J connectivity index is 0.00000192. The van der Waals surface area contributed by atoms with Crippen LogP contribution in [0.3, 0.4) is 0 Å². The highest BCUT2D eigenvalue weighted by molar-refractivity contribution is 6.30. The van der Waals surface area contributed by atoms with E-state index < -0.39 is 0 Å². The third-order valence-corrected chi connectivity index (χ3v) is 4.63. The number of carbonyl (C=O) groups is 2. The predicted molar refractivity (Wildman–Crippen MR) is 92.2 cm³/mol. The fraction of sp³-hybridized carbons (Fsp3) is 0.500. The second-order valence-corrected chi connectivity index (χ2v) is 6.25. The largest absolute Gasteiger partial charge is 0.339 e. The first-order valence-electron chi connectivity index (χ1n) is 7.69. The van der Waals surface area contributed by atoms with Crippen molar-refractivity contribution in [3.63, 3.8) is 0 Å². The minimum atomic E-state index is 0. The molecule has 2 fully saturated rings. The first kappa shape index (κ1) is 18.0. The van der Waals surface area contributed by atoms with Crippen molar-refractivity contribution in [3.05, 3.63) is 34.9 Å². The minimum Gasteiger partial charge on any atom is -0.339 e. The molecule has 0 saturated carbocycles. The number of benzene rings is 1. The van der Waals surface area contributed by atoms with Crippen LogP contribution in [0.1, 0.15) is 16.8 Å². The van der Waals surface area contributed by atoms with E-state index in [0.717, 1.165) is 19.5 Å². The van der Waals surface area contributed by atoms with Gasteiger partial charge in [-0.05, 0) is 37.2 Å². The van der Waals surface area contributed by atoms with Crippen LogP contribution in [0.2, 0.25) is 5.02 Å². The molecule has 0 aliphatic carbocycles. The van der Waals surface area contributed by atoms with E-state index in [1.165, 1.54) is 0 Å². The molecule has 2 aliphatic heterocycles. The molecule has 23 heavy (non-hydrogen) atoms.